The van der Waals surface area contributed by atoms with Crippen LogP contribution in [0, 0.1) is 0 Å². The first-order chi connectivity index (χ1) is 4.79. The van der Waals surface area contributed by atoms with E-state index < -0.39 is 0 Å². The van der Waals surface area contributed by atoms with Crippen molar-refractivity contribution < 1.29 is 0 Å². The van der Waals surface area contributed by atoms with Crippen LogP contribution in [-0.2, 0) is 0 Å². The lowest BCUT2D eigenvalue weighted by molar-refractivity contribution is 1.77. The van der Waals surface area contributed by atoms with Crippen molar-refractivity contribution in [1.82, 2.24) is 0 Å². The van der Waals surface area contributed by atoms with Gasteiger partial charge < -0.3 is 0 Å². The van der Waals surface area contributed by atoms with Crippen molar-refractivity contribution in [1.29, 1.82) is 0 Å². The Morgan fingerprint density at radius 3 is 2.09 bits per heavy atom. The van der Waals surface area contributed by atoms with Gasteiger partial charge in [0.05, 0.1) is 0 Å². The van der Waals surface area contributed by atoms with Gasteiger partial charge in [-0.1, -0.05) is 49.9 Å². The highest BCUT2D eigenvalue weighted by molar-refractivity contribution is 7.16. The molecule has 0 spiro atoms. The van der Waals surface area contributed by atoms with Crippen molar-refractivity contribution >= 4 is 42.1 Å². The van der Waals surface area contributed by atoms with E-state index in [-0.39, 0.29) is 38.4 Å². The van der Waals surface area contributed by atoms with Crippen LogP contribution in [0.25, 0.3) is 0 Å². The monoisotopic (exact) mass is 196 g/mol. The van der Waals surface area contributed by atoms with Gasteiger partial charge in [-0.05, 0) is 0 Å². The molecule has 0 amide bonds. The average Bonchev–Trinajstić information content (AvgIpc) is 1.88. The molecule has 0 fully saturated rings. The van der Waals surface area contributed by atoms with E-state index in [9.17, 15) is 0 Å². The number of halogens is 1. The highest BCUT2D eigenvalue weighted by Crippen LogP contribution is 1.83. The zero-order chi connectivity index (χ0) is 7.40. The van der Waals surface area contributed by atoms with E-state index in [1.807, 2.05) is 0 Å². The largest absolute Gasteiger partial charge is 0.402 e. The quantitative estimate of drug-likeness (QED) is 0.629. The molecule has 0 saturated carbocycles. The second kappa shape index (κ2) is 6.06. The van der Waals surface area contributed by atoms with Crippen molar-refractivity contribution in [2.75, 3.05) is 0 Å². The maximum Gasteiger partial charge on any atom is 0.402 e. The molecular weight excluding hydrogens is 184 g/mol. The van der Waals surface area contributed by atoms with Gasteiger partial charge >= 0.3 is 19.6 Å². The van der Waals surface area contributed by atoms with Crippen molar-refractivity contribution in [3.05, 3.63) is 30.3 Å². The minimum atomic E-state index is -0.258. The van der Waals surface area contributed by atoms with E-state index in [2.05, 4.69) is 43.4 Å². The molecule has 3 heteroatoms. The Kier molecular flexibility index (Phi) is 6.33. The normalized spacial score (nSPS) is 8.64. The number of benzene rings is 1. The lowest BCUT2D eigenvalue weighted by atomic mass is 10.4. The maximum atomic E-state index is 2.44. The summed E-state index contributed by atoms with van der Waals surface area (Å²) in [5.74, 6) is 0. The molecule has 0 nitrogen and oxygen atoms in total. The molecule has 0 bridgehead atoms. The molecule has 1 rings (SSSR count). The average molecular weight is 197 g/mol. The third-order valence-electron chi connectivity index (χ3n) is 1.49. The molecule has 0 aliphatic rings. The summed E-state index contributed by atoms with van der Waals surface area (Å²) in [5.41, 5.74) is 0. The molecular formula is C8H13ClMgSi. The van der Waals surface area contributed by atoms with Gasteiger partial charge in [-0.2, -0.15) is 3.69 Å². The summed E-state index contributed by atoms with van der Waals surface area (Å²) in [4.78, 5) is 0. The van der Waals surface area contributed by atoms with Crippen molar-refractivity contribution in [3.63, 3.8) is 0 Å². The van der Waals surface area contributed by atoms with E-state index in [0.717, 1.165) is 0 Å². The summed E-state index contributed by atoms with van der Waals surface area (Å²) in [5, 5.41) is 0. The fraction of sp³-hybridized carbons (Fsp3) is 0.250. The fourth-order valence-corrected chi connectivity index (χ4v) is 6.22. The Morgan fingerprint density at radius 2 is 1.64 bits per heavy atom. The van der Waals surface area contributed by atoms with Crippen LogP contribution in [0.2, 0.25) is 13.1 Å². The highest BCUT2D eigenvalue weighted by atomic mass is 35.5. The Bertz CT molecular complexity index is 189. The molecule has 0 atom stereocenters. The van der Waals surface area contributed by atoms with Gasteiger partial charge in [0, 0.05) is 0 Å². The highest BCUT2D eigenvalue weighted by Gasteiger charge is 2.02. The molecule has 0 unspecified atom stereocenters. The molecule has 0 aliphatic carbocycles. The second-order valence-corrected chi connectivity index (χ2v) is 13.2. The van der Waals surface area contributed by atoms with E-state index in [0.29, 0.717) is 0 Å². The van der Waals surface area contributed by atoms with Crippen LogP contribution in [0.5, 0.6) is 0 Å². The van der Waals surface area contributed by atoms with Crippen molar-refractivity contribution in [3.8, 4) is 0 Å². The van der Waals surface area contributed by atoms with Crippen LogP contribution < -0.4 is 3.69 Å². The molecule has 1 aromatic rings. The van der Waals surface area contributed by atoms with Crippen LogP contribution in [0.15, 0.2) is 30.3 Å². The van der Waals surface area contributed by atoms with Crippen LogP contribution in [0.1, 0.15) is 0 Å². The minimum Gasteiger partial charge on any atom is -0.178 e. The summed E-state index contributed by atoms with van der Waals surface area (Å²) < 4.78 is 1.64. The third kappa shape index (κ3) is 4.85. The summed E-state index contributed by atoms with van der Waals surface area (Å²) >= 11 is 0.162. The first kappa shape index (κ1) is 11.5. The summed E-state index contributed by atoms with van der Waals surface area (Å²) in [6.45, 7) is 4.89. The van der Waals surface area contributed by atoms with E-state index in [1.165, 1.54) is 0 Å². The van der Waals surface area contributed by atoms with Gasteiger partial charge in [-0.15, -0.1) is 12.4 Å². The minimum absolute atomic E-state index is 0. The summed E-state index contributed by atoms with van der Waals surface area (Å²) in [6, 6.07) is 11.0. The second-order valence-electron chi connectivity index (χ2n) is 3.08. The van der Waals surface area contributed by atoms with E-state index >= 15 is 0 Å². The van der Waals surface area contributed by atoms with Crippen LogP contribution in [0.4, 0.5) is 0 Å². The zero-order valence-corrected chi connectivity index (χ0v) is 10.5. The van der Waals surface area contributed by atoms with Gasteiger partial charge in [-0.3, -0.25) is 0 Å². The van der Waals surface area contributed by atoms with E-state index in [4.69, 9.17) is 0 Å². The summed E-state index contributed by atoms with van der Waals surface area (Å²) in [7, 11) is 0. The smallest absolute Gasteiger partial charge is 0.178 e. The third-order valence-corrected chi connectivity index (χ3v) is 7.11. The van der Waals surface area contributed by atoms with Crippen LogP contribution in [0.3, 0.4) is 0 Å². The molecule has 0 saturated heterocycles. The molecule has 0 radical (unpaired) electrons. The number of rotatable bonds is 2. The van der Waals surface area contributed by atoms with Crippen LogP contribution in [-0.4, -0.2) is 26.0 Å². The maximum absolute atomic E-state index is 2.44. The Morgan fingerprint density at radius 1 is 1.09 bits per heavy atom. The van der Waals surface area contributed by atoms with Crippen LogP contribution >= 0.6 is 12.4 Å². The Labute approximate surface area is 85.3 Å². The molecule has 0 aromatic heterocycles. The molecule has 58 valence electrons. The molecule has 11 heavy (non-hydrogen) atoms. The number of hydrogen-bond acceptors (Lipinski definition) is 0. The molecule has 0 aliphatic heterocycles. The molecule has 0 N–H and O–H groups in total. The van der Waals surface area contributed by atoms with Gasteiger partial charge in [0.1, 0.15) is 0 Å². The van der Waals surface area contributed by atoms with Crippen molar-refractivity contribution in [2.24, 2.45) is 0 Å². The Balaban J connectivity index is 0.000001000. The van der Waals surface area contributed by atoms with Gasteiger partial charge in [0.25, 0.3) is 0 Å². The lowest BCUT2D eigenvalue weighted by Gasteiger charge is -1.98. The SMILES string of the molecule is C[SiH](C)[Mg][c]1ccccc1.Cl. The first-order valence-electron chi connectivity index (χ1n) is 3.83. The molecule has 0 heterocycles. The standard InChI is InChI=1S/C6H5.C2H7Si.ClH.Mg/c1-2-4-6-5-3-1;1-3-2;;/h1-5H;3H,1-2H3;1H;. The zero-order valence-electron chi connectivity index (χ0n) is 7.08. The predicted molar refractivity (Wildman–Crippen MR) is 58.0 cm³/mol. The predicted octanol–water partition coefficient (Wildman–Crippen LogP) is 1.42. The molecule has 1 aromatic carbocycles. The number of hydrogen-bond donors (Lipinski definition) is 0. The topological polar surface area (TPSA) is 0 Å². The summed E-state index contributed by atoms with van der Waals surface area (Å²) in [6.07, 6.45) is -0.258. The Hall–Kier alpha value is 0.493. The fourth-order valence-electron chi connectivity index (χ4n) is 1.09. The van der Waals surface area contributed by atoms with Gasteiger partial charge in [-0.25, -0.2) is 0 Å². The van der Waals surface area contributed by atoms with Gasteiger partial charge in [0.2, 0.25) is 0 Å². The van der Waals surface area contributed by atoms with Crippen molar-refractivity contribution in [2.45, 2.75) is 13.1 Å². The lowest BCUT2D eigenvalue weighted by Crippen LogP contribution is -2.26. The van der Waals surface area contributed by atoms with E-state index in [1.54, 1.807) is 3.69 Å². The van der Waals surface area contributed by atoms with Gasteiger partial charge in [0.15, 0.2) is 0 Å². The first-order valence-corrected chi connectivity index (χ1v) is 10.1.